The predicted molar refractivity (Wildman–Crippen MR) is 90.4 cm³/mol. The highest BCUT2D eigenvalue weighted by atomic mass is 32.1. The highest BCUT2D eigenvalue weighted by Gasteiger charge is 2.21. The van der Waals surface area contributed by atoms with Crippen molar-refractivity contribution in [3.8, 4) is 0 Å². The van der Waals surface area contributed by atoms with E-state index in [0.717, 1.165) is 17.0 Å². The van der Waals surface area contributed by atoms with Gasteiger partial charge in [0.05, 0.1) is 18.9 Å². The maximum absolute atomic E-state index is 12.0. The fraction of sp³-hybridized carbons (Fsp3) is 0.562. The van der Waals surface area contributed by atoms with Crippen LogP contribution >= 0.6 is 11.3 Å². The normalized spacial score (nSPS) is 10.1. The highest BCUT2D eigenvalue weighted by molar-refractivity contribution is 7.15. The molecule has 0 saturated heterocycles. The highest BCUT2D eigenvalue weighted by Crippen LogP contribution is 2.22. The topological polar surface area (TPSA) is 77.5 Å². The van der Waals surface area contributed by atoms with Crippen molar-refractivity contribution in [2.75, 3.05) is 18.5 Å². The third-order valence-corrected chi connectivity index (χ3v) is 3.83. The van der Waals surface area contributed by atoms with E-state index in [4.69, 9.17) is 9.47 Å². The van der Waals surface area contributed by atoms with Gasteiger partial charge in [-0.05, 0) is 26.2 Å². The maximum Gasteiger partial charge on any atom is 0.347 e. The van der Waals surface area contributed by atoms with Gasteiger partial charge in [0.1, 0.15) is 0 Å². The van der Waals surface area contributed by atoms with Crippen molar-refractivity contribution in [3.63, 3.8) is 0 Å². The Labute approximate surface area is 140 Å². The van der Waals surface area contributed by atoms with Gasteiger partial charge in [0, 0.05) is 11.1 Å². The largest absolute Gasteiger partial charge is 0.462 e. The zero-order chi connectivity index (χ0) is 17.2. The van der Waals surface area contributed by atoms with Crippen LogP contribution in [0.15, 0.2) is 11.8 Å². The SMILES string of the molecule is CCCOC(=O)C(=CNc1nc(CC)c(C)s1)C(=O)OCCC. The van der Waals surface area contributed by atoms with Gasteiger partial charge in [-0.25, -0.2) is 14.6 Å². The number of aryl methyl sites for hydroxylation is 2. The molecule has 0 amide bonds. The van der Waals surface area contributed by atoms with Crippen LogP contribution in [-0.2, 0) is 25.5 Å². The standard InChI is InChI=1S/C16H24N2O4S/c1-5-8-21-14(19)12(15(20)22-9-6-2)10-17-16-18-13(7-3)11(4)23-16/h10H,5-9H2,1-4H3,(H,17,18). The molecule has 0 saturated carbocycles. The third-order valence-electron chi connectivity index (χ3n) is 2.88. The molecule has 0 atom stereocenters. The van der Waals surface area contributed by atoms with Gasteiger partial charge in [-0.2, -0.15) is 0 Å². The van der Waals surface area contributed by atoms with Crippen molar-refractivity contribution in [2.24, 2.45) is 0 Å². The number of hydrogen-bond acceptors (Lipinski definition) is 7. The molecule has 0 fully saturated rings. The van der Waals surface area contributed by atoms with Crippen LogP contribution < -0.4 is 5.32 Å². The summed E-state index contributed by atoms with van der Waals surface area (Å²) in [7, 11) is 0. The Morgan fingerprint density at radius 3 is 2.13 bits per heavy atom. The lowest BCUT2D eigenvalue weighted by Crippen LogP contribution is -2.20. The van der Waals surface area contributed by atoms with Crippen LogP contribution in [0.3, 0.4) is 0 Å². The molecule has 0 aliphatic carbocycles. The van der Waals surface area contributed by atoms with Crippen molar-refractivity contribution in [2.45, 2.75) is 47.0 Å². The van der Waals surface area contributed by atoms with E-state index in [-0.39, 0.29) is 18.8 Å². The molecule has 0 bridgehead atoms. The summed E-state index contributed by atoms with van der Waals surface area (Å²) in [4.78, 5) is 29.5. The number of aromatic nitrogens is 1. The molecule has 1 aromatic heterocycles. The lowest BCUT2D eigenvalue weighted by molar-refractivity contribution is -0.147. The van der Waals surface area contributed by atoms with Crippen LogP contribution in [0.5, 0.6) is 0 Å². The summed E-state index contributed by atoms with van der Waals surface area (Å²) in [5.41, 5.74) is 0.840. The molecule has 23 heavy (non-hydrogen) atoms. The first-order chi connectivity index (χ1) is 11.0. The summed E-state index contributed by atoms with van der Waals surface area (Å²) in [6.45, 7) is 8.29. The molecule has 128 valence electrons. The van der Waals surface area contributed by atoms with Crippen LogP contribution in [0, 0.1) is 6.92 Å². The number of anilines is 1. The smallest absolute Gasteiger partial charge is 0.347 e. The van der Waals surface area contributed by atoms with E-state index in [0.29, 0.717) is 18.0 Å². The number of nitrogens with zero attached hydrogens (tertiary/aromatic N) is 1. The first kappa shape index (κ1) is 19.2. The molecule has 1 N–H and O–H groups in total. The van der Waals surface area contributed by atoms with Crippen molar-refractivity contribution in [3.05, 3.63) is 22.3 Å². The van der Waals surface area contributed by atoms with Gasteiger partial charge in [-0.1, -0.05) is 20.8 Å². The second kappa shape index (κ2) is 9.99. The first-order valence-corrected chi connectivity index (χ1v) is 8.62. The molecule has 1 rings (SSSR count). The summed E-state index contributed by atoms with van der Waals surface area (Å²) in [6, 6.07) is 0. The summed E-state index contributed by atoms with van der Waals surface area (Å²) in [5, 5.41) is 3.53. The minimum absolute atomic E-state index is 0.155. The fourth-order valence-electron chi connectivity index (χ4n) is 1.70. The quantitative estimate of drug-likeness (QED) is 0.322. The van der Waals surface area contributed by atoms with Gasteiger partial charge >= 0.3 is 11.9 Å². The summed E-state index contributed by atoms with van der Waals surface area (Å²) in [6.07, 6.45) is 3.51. The van der Waals surface area contributed by atoms with Crippen molar-refractivity contribution < 1.29 is 19.1 Å². The van der Waals surface area contributed by atoms with Crippen LogP contribution in [0.25, 0.3) is 0 Å². The van der Waals surface area contributed by atoms with Crippen LogP contribution in [0.1, 0.15) is 44.2 Å². The minimum atomic E-state index is -0.690. The monoisotopic (exact) mass is 340 g/mol. The van der Waals surface area contributed by atoms with Gasteiger partial charge in [-0.15, -0.1) is 11.3 Å². The molecule has 1 heterocycles. The van der Waals surface area contributed by atoms with Gasteiger partial charge in [0.15, 0.2) is 10.7 Å². The Morgan fingerprint density at radius 2 is 1.70 bits per heavy atom. The van der Waals surface area contributed by atoms with Gasteiger partial charge in [0.2, 0.25) is 0 Å². The molecular formula is C16H24N2O4S. The average Bonchev–Trinajstić information content (AvgIpc) is 2.90. The number of thiazole rings is 1. The second-order valence-corrected chi connectivity index (χ2v) is 6.05. The van der Waals surface area contributed by atoms with Gasteiger partial charge in [-0.3, -0.25) is 0 Å². The van der Waals surface area contributed by atoms with Crippen LogP contribution in [0.4, 0.5) is 5.13 Å². The molecule has 0 aliphatic rings. The van der Waals surface area contributed by atoms with Crippen LogP contribution in [-0.4, -0.2) is 30.1 Å². The van der Waals surface area contributed by atoms with Crippen molar-refractivity contribution >= 4 is 28.4 Å². The maximum atomic E-state index is 12.0. The molecule has 7 heteroatoms. The molecule has 0 aliphatic heterocycles. The van der Waals surface area contributed by atoms with Crippen molar-refractivity contribution in [1.29, 1.82) is 0 Å². The lowest BCUT2D eigenvalue weighted by Gasteiger charge is -2.08. The predicted octanol–water partition coefficient (Wildman–Crippen LogP) is 3.22. The number of nitrogens with one attached hydrogen (secondary N) is 1. The Morgan fingerprint density at radius 1 is 1.13 bits per heavy atom. The Balaban J connectivity index is 2.87. The van der Waals surface area contributed by atoms with E-state index in [2.05, 4.69) is 10.3 Å². The number of carbonyl (C=O) groups excluding carboxylic acids is 2. The van der Waals surface area contributed by atoms with Crippen LogP contribution in [0.2, 0.25) is 0 Å². The molecular weight excluding hydrogens is 316 g/mol. The zero-order valence-corrected chi connectivity index (χ0v) is 14.9. The Kier molecular flexibility index (Phi) is 8.32. The van der Waals surface area contributed by atoms with E-state index in [1.165, 1.54) is 17.5 Å². The number of ether oxygens (including phenoxy) is 2. The van der Waals surface area contributed by atoms with Crippen molar-refractivity contribution in [1.82, 2.24) is 4.98 Å². The molecule has 0 aromatic carbocycles. The summed E-state index contributed by atoms with van der Waals surface area (Å²) >= 11 is 1.47. The zero-order valence-electron chi connectivity index (χ0n) is 14.1. The molecule has 6 nitrogen and oxygen atoms in total. The van der Waals surface area contributed by atoms with E-state index >= 15 is 0 Å². The molecule has 0 unspecified atom stereocenters. The molecule has 1 aromatic rings. The summed E-state index contributed by atoms with van der Waals surface area (Å²) in [5.74, 6) is -1.38. The third kappa shape index (κ3) is 6.02. The summed E-state index contributed by atoms with van der Waals surface area (Å²) < 4.78 is 10.1. The molecule has 0 spiro atoms. The van der Waals surface area contributed by atoms with E-state index in [9.17, 15) is 9.59 Å². The number of hydrogen-bond donors (Lipinski definition) is 1. The Hall–Kier alpha value is -1.89. The fourth-order valence-corrected chi connectivity index (χ4v) is 2.57. The van der Waals surface area contributed by atoms with E-state index in [1.54, 1.807) is 0 Å². The number of esters is 2. The lowest BCUT2D eigenvalue weighted by atomic mass is 10.3. The van der Waals surface area contributed by atoms with Gasteiger partial charge in [0.25, 0.3) is 0 Å². The van der Waals surface area contributed by atoms with E-state index in [1.807, 2.05) is 27.7 Å². The molecule has 0 radical (unpaired) electrons. The van der Waals surface area contributed by atoms with E-state index < -0.39 is 11.9 Å². The average molecular weight is 340 g/mol. The minimum Gasteiger partial charge on any atom is -0.462 e. The second-order valence-electron chi connectivity index (χ2n) is 4.85. The first-order valence-electron chi connectivity index (χ1n) is 7.80. The number of carbonyl (C=O) groups is 2. The van der Waals surface area contributed by atoms with Gasteiger partial charge < -0.3 is 14.8 Å². The number of rotatable bonds is 9. The Bertz CT molecular complexity index is 544.